The molecule has 1 aromatic heterocycles. The molecule has 2 aromatic rings. The molecular weight excluding hydrogens is 371 g/mol. The zero-order chi connectivity index (χ0) is 20.5. The minimum atomic E-state index is -0.262. The summed E-state index contributed by atoms with van der Waals surface area (Å²) in [6.07, 6.45) is 1.76. The van der Waals surface area contributed by atoms with Crippen LogP contribution < -0.4 is 4.74 Å². The number of fused-ring (bicyclic) bond motifs is 1. The molecule has 0 saturated carbocycles. The van der Waals surface area contributed by atoms with E-state index >= 15 is 0 Å². The zero-order valence-corrected chi connectivity index (χ0v) is 17.1. The number of pyridine rings is 1. The smallest absolute Gasteiger partial charge is 0.320 e. The van der Waals surface area contributed by atoms with Gasteiger partial charge in [0.05, 0.1) is 13.2 Å². The molecule has 2 fully saturated rings. The van der Waals surface area contributed by atoms with Gasteiger partial charge in [-0.15, -0.1) is 0 Å². The fourth-order valence-electron chi connectivity index (χ4n) is 4.76. The summed E-state index contributed by atoms with van der Waals surface area (Å²) in [5.41, 5.74) is 2.03. The number of amides is 2. The molecule has 0 spiro atoms. The Morgan fingerprint density at radius 2 is 2.07 bits per heavy atom. The maximum absolute atomic E-state index is 13.9. The molecule has 4 rings (SSSR count). The van der Waals surface area contributed by atoms with Crippen LogP contribution in [0.15, 0.2) is 42.6 Å². The highest BCUT2D eigenvalue weighted by molar-refractivity contribution is 5.75. The van der Waals surface area contributed by atoms with Crippen molar-refractivity contribution in [2.75, 3.05) is 40.8 Å². The fourth-order valence-corrected chi connectivity index (χ4v) is 4.76. The Hall–Kier alpha value is -2.67. The predicted molar refractivity (Wildman–Crippen MR) is 108 cm³/mol. The van der Waals surface area contributed by atoms with Gasteiger partial charge in [0.15, 0.2) is 0 Å². The monoisotopic (exact) mass is 398 g/mol. The molecule has 0 bridgehead atoms. The Labute approximate surface area is 170 Å². The van der Waals surface area contributed by atoms with Gasteiger partial charge in [0.2, 0.25) is 5.88 Å². The lowest BCUT2D eigenvalue weighted by atomic mass is 9.89. The maximum Gasteiger partial charge on any atom is 0.320 e. The molecule has 0 aliphatic carbocycles. The number of nitrogens with zero attached hydrogens (tertiary/aromatic N) is 4. The third kappa shape index (κ3) is 3.92. The van der Waals surface area contributed by atoms with Gasteiger partial charge >= 0.3 is 6.03 Å². The van der Waals surface area contributed by atoms with Crippen LogP contribution >= 0.6 is 0 Å². The van der Waals surface area contributed by atoms with Crippen LogP contribution in [0, 0.1) is 17.7 Å². The number of methoxy groups -OCH3 is 1. The van der Waals surface area contributed by atoms with Gasteiger partial charge < -0.3 is 14.5 Å². The number of carbonyl (C=O) groups excluding carboxylic acids is 1. The number of hydrogen-bond acceptors (Lipinski definition) is 4. The van der Waals surface area contributed by atoms with Crippen LogP contribution in [-0.2, 0) is 6.54 Å². The van der Waals surface area contributed by atoms with E-state index in [0.717, 1.165) is 30.8 Å². The first-order chi connectivity index (χ1) is 14.0. The van der Waals surface area contributed by atoms with Gasteiger partial charge in [0, 0.05) is 58.5 Å². The van der Waals surface area contributed by atoms with E-state index in [2.05, 4.69) is 9.88 Å². The molecule has 0 radical (unpaired) electrons. The van der Waals surface area contributed by atoms with Gasteiger partial charge in [0.1, 0.15) is 5.82 Å². The van der Waals surface area contributed by atoms with Gasteiger partial charge in [-0.3, -0.25) is 4.90 Å². The van der Waals surface area contributed by atoms with Gasteiger partial charge in [-0.05, 0) is 35.2 Å². The number of ether oxygens (including phenoxy) is 1. The summed E-state index contributed by atoms with van der Waals surface area (Å²) in [5, 5.41) is 0. The Morgan fingerprint density at radius 3 is 2.79 bits per heavy atom. The Kier molecular flexibility index (Phi) is 5.41. The Balaban J connectivity index is 1.56. The van der Waals surface area contributed by atoms with Crippen LogP contribution in [0.25, 0.3) is 0 Å². The highest BCUT2D eigenvalue weighted by Gasteiger charge is 2.49. The van der Waals surface area contributed by atoms with Crippen LogP contribution in [0.5, 0.6) is 5.88 Å². The number of hydrogen-bond donors (Lipinski definition) is 0. The topological polar surface area (TPSA) is 48.9 Å². The molecule has 2 saturated heterocycles. The number of likely N-dealkylation sites (tertiary alicyclic amines) is 2. The van der Waals surface area contributed by atoms with E-state index in [-0.39, 0.29) is 23.8 Å². The lowest BCUT2D eigenvalue weighted by molar-refractivity contribution is 0.151. The quantitative estimate of drug-likeness (QED) is 0.795. The first-order valence-electron chi connectivity index (χ1n) is 9.91. The summed E-state index contributed by atoms with van der Waals surface area (Å²) in [6, 6.07) is 10.5. The molecule has 1 aromatic carbocycles. The van der Waals surface area contributed by atoms with E-state index in [4.69, 9.17) is 4.74 Å². The van der Waals surface area contributed by atoms with Crippen molar-refractivity contribution in [2.24, 2.45) is 11.8 Å². The van der Waals surface area contributed by atoms with Gasteiger partial charge in [-0.25, -0.2) is 14.2 Å². The SMILES string of the molecule is COc1cc(CN2C[C@@H]3CN(C(=O)N(C)C)[C@H](c4cccc(F)c4)[C@@H]3C2)ccn1. The second kappa shape index (κ2) is 7.99. The highest BCUT2D eigenvalue weighted by Crippen LogP contribution is 2.45. The van der Waals surface area contributed by atoms with Crippen molar-refractivity contribution in [3.05, 3.63) is 59.5 Å². The standard InChI is InChI=1S/C22H27FN4O2/c1-25(2)22(28)27-13-17-12-26(11-15-7-8-24-20(9-15)29-3)14-19(17)21(27)16-5-4-6-18(23)10-16/h4-10,17,19,21H,11-14H2,1-3H3/t17-,19-,21-/m1/s1. The van der Waals surface area contributed by atoms with Crippen LogP contribution in [-0.4, -0.2) is 66.6 Å². The minimum absolute atomic E-state index is 0.0147. The first-order valence-corrected chi connectivity index (χ1v) is 9.91. The number of halogens is 1. The second-order valence-corrected chi connectivity index (χ2v) is 8.15. The summed E-state index contributed by atoms with van der Waals surface area (Å²) >= 11 is 0. The molecule has 6 nitrogen and oxygen atoms in total. The van der Waals surface area contributed by atoms with Crippen LogP contribution in [0.1, 0.15) is 17.2 Å². The van der Waals surface area contributed by atoms with E-state index in [0.29, 0.717) is 18.3 Å². The fraction of sp³-hybridized carbons (Fsp3) is 0.455. The van der Waals surface area contributed by atoms with Gasteiger partial charge in [-0.1, -0.05) is 12.1 Å². The number of urea groups is 1. The molecule has 154 valence electrons. The van der Waals surface area contributed by atoms with Crippen molar-refractivity contribution in [2.45, 2.75) is 12.6 Å². The van der Waals surface area contributed by atoms with Crippen molar-refractivity contribution >= 4 is 6.03 Å². The summed E-state index contributed by atoms with van der Waals surface area (Å²) in [6.45, 7) is 3.29. The maximum atomic E-state index is 13.9. The molecule has 0 N–H and O–H groups in total. The van der Waals surface area contributed by atoms with E-state index in [9.17, 15) is 9.18 Å². The zero-order valence-electron chi connectivity index (χ0n) is 17.1. The number of rotatable bonds is 4. The van der Waals surface area contributed by atoms with Crippen LogP contribution in [0.2, 0.25) is 0 Å². The summed E-state index contributed by atoms with van der Waals surface area (Å²) in [4.78, 5) is 22.9. The van der Waals surface area contributed by atoms with Gasteiger partial charge in [-0.2, -0.15) is 0 Å². The average molecular weight is 398 g/mol. The highest BCUT2D eigenvalue weighted by atomic mass is 19.1. The number of aromatic nitrogens is 1. The lowest BCUT2D eigenvalue weighted by Crippen LogP contribution is -2.41. The molecule has 2 amide bonds. The lowest BCUT2D eigenvalue weighted by Gasteiger charge is -2.32. The Bertz CT molecular complexity index is 891. The van der Waals surface area contributed by atoms with Crippen molar-refractivity contribution in [3.63, 3.8) is 0 Å². The molecule has 2 aliphatic heterocycles. The van der Waals surface area contributed by atoms with Crippen molar-refractivity contribution in [1.82, 2.24) is 19.7 Å². The summed E-state index contributed by atoms with van der Waals surface area (Å²) < 4.78 is 19.2. The van der Waals surface area contributed by atoms with Crippen molar-refractivity contribution in [1.29, 1.82) is 0 Å². The normalized spacial score (nSPS) is 23.9. The second-order valence-electron chi connectivity index (χ2n) is 8.15. The average Bonchev–Trinajstić information content (AvgIpc) is 3.24. The Morgan fingerprint density at radius 1 is 1.24 bits per heavy atom. The van der Waals surface area contributed by atoms with E-state index in [1.54, 1.807) is 44.4 Å². The van der Waals surface area contributed by atoms with Crippen molar-refractivity contribution in [3.8, 4) is 5.88 Å². The van der Waals surface area contributed by atoms with Crippen LogP contribution in [0.4, 0.5) is 9.18 Å². The van der Waals surface area contributed by atoms with Crippen molar-refractivity contribution < 1.29 is 13.9 Å². The van der Waals surface area contributed by atoms with Crippen LogP contribution in [0.3, 0.4) is 0 Å². The molecule has 2 aliphatic rings. The molecule has 3 atom stereocenters. The minimum Gasteiger partial charge on any atom is -0.481 e. The molecule has 3 heterocycles. The molecule has 7 heteroatoms. The molecular formula is C22H27FN4O2. The number of carbonyl (C=O) groups is 1. The third-order valence-corrected chi connectivity index (χ3v) is 5.97. The first kappa shape index (κ1) is 19.6. The van der Waals surface area contributed by atoms with Gasteiger partial charge in [0.25, 0.3) is 0 Å². The molecule has 0 unspecified atom stereocenters. The van der Waals surface area contributed by atoms with E-state index < -0.39 is 0 Å². The molecule has 29 heavy (non-hydrogen) atoms. The predicted octanol–water partition coefficient (Wildman–Crippen LogP) is 3.02. The summed E-state index contributed by atoms with van der Waals surface area (Å²) in [7, 11) is 5.15. The largest absolute Gasteiger partial charge is 0.481 e. The summed E-state index contributed by atoms with van der Waals surface area (Å²) in [5.74, 6) is 1.00. The number of benzene rings is 1. The van der Waals surface area contributed by atoms with E-state index in [1.165, 1.54) is 6.07 Å². The van der Waals surface area contributed by atoms with E-state index in [1.807, 2.05) is 23.1 Å². The third-order valence-electron chi connectivity index (χ3n) is 5.97.